The Hall–Kier alpha value is -2.76. The number of ketones is 1. The fraction of sp³-hybridized carbons (Fsp3) is 0.433. The molecule has 0 bridgehead atoms. The molecule has 5 nitrogen and oxygen atoms in total. The van der Waals surface area contributed by atoms with Crippen molar-refractivity contribution in [2.24, 2.45) is 10.9 Å². The van der Waals surface area contributed by atoms with Gasteiger partial charge in [0.05, 0.1) is 17.9 Å². The Morgan fingerprint density at radius 1 is 1.14 bits per heavy atom. The Morgan fingerprint density at radius 2 is 1.81 bits per heavy atom. The summed E-state index contributed by atoms with van der Waals surface area (Å²) in [5.74, 6) is 0.119. The van der Waals surface area contributed by atoms with Gasteiger partial charge < -0.3 is 10.1 Å². The summed E-state index contributed by atoms with van der Waals surface area (Å²) in [7, 11) is 0. The number of nitrogens with one attached hydrogen (secondary N) is 1. The SMILES string of the molecule is C/C=C(\N=C(C)C(C)C)c1ccc(C[C@@H](CC(C)=O)NC(=O)C2=CC(Cl)=CC(OC(C)C)C=C2)cc1. The van der Waals surface area contributed by atoms with E-state index in [9.17, 15) is 9.59 Å². The predicted molar refractivity (Wildman–Crippen MR) is 150 cm³/mol. The predicted octanol–water partition coefficient (Wildman–Crippen LogP) is 6.58. The molecule has 0 saturated carbocycles. The second-order valence-electron chi connectivity index (χ2n) is 9.72. The lowest BCUT2D eigenvalue weighted by Crippen LogP contribution is -2.38. The zero-order valence-electron chi connectivity index (χ0n) is 22.5. The minimum Gasteiger partial charge on any atom is -0.367 e. The molecule has 2 rings (SSSR count). The van der Waals surface area contributed by atoms with Crippen molar-refractivity contribution in [3.63, 3.8) is 0 Å². The Kier molecular flexibility index (Phi) is 11.5. The van der Waals surface area contributed by atoms with E-state index >= 15 is 0 Å². The van der Waals surface area contributed by atoms with Gasteiger partial charge in [-0.25, -0.2) is 0 Å². The van der Waals surface area contributed by atoms with E-state index < -0.39 is 0 Å². The molecular formula is C30H39ClN2O3. The van der Waals surface area contributed by atoms with E-state index in [1.165, 1.54) is 6.92 Å². The van der Waals surface area contributed by atoms with Gasteiger partial charge in [0, 0.05) is 28.8 Å². The number of allylic oxidation sites excluding steroid dienone is 3. The van der Waals surface area contributed by atoms with Crippen LogP contribution in [0.5, 0.6) is 0 Å². The molecule has 0 saturated heterocycles. The quantitative estimate of drug-likeness (QED) is 0.342. The van der Waals surface area contributed by atoms with Crippen LogP contribution in [-0.4, -0.2) is 35.7 Å². The van der Waals surface area contributed by atoms with Crippen LogP contribution in [0.2, 0.25) is 0 Å². The van der Waals surface area contributed by atoms with Gasteiger partial charge in [-0.15, -0.1) is 0 Å². The molecule has 0 heterocycles. The first-order chi connectivity index (χ1) is 17.0. The molecule has 1 aliphatic carbocycles. The molecule has 2 atom stereocenters. The summed E-state index contributed by atoms with van der Waals surface area (Å²) in [6.45, 7) is 13.7. The van der Waals surface area contributed by atoms with Gasteiger partial charge >= 0.3 is 0 Å². The van der Waals surface area contributed by atoms with Gasteiger partial charge in [0.2, 0.25) is 0 Å². The van der Waals surface area contributed by atoms with Crippen molar-refractivity contribution >= 4 is 34.7 Å². The number of carbonyl (C=O) groups excluding carboxylic acids is 2. The Labute approximate surface area is 221 Å². The largest absolute Gasteiger partial charge is 0.367 e. The van der Waals surface area contributed by atoms with Gasteiger partial charge in [-0.05, 0) is 70.2 Å². The third kappa shape index (κ3) is 9.71. The van der Waals surface area contributed by atoms with Crippen LogP contribution < -0.4 is 5.32 Å². The van der Waals surface area contributed by atoms with E-state index in [4.69, 9.17) is 21.3 Å². The number of halogens is 1. The number of ether oxygens (including phenoxy) is 1. The summed E-state index contributed by atoms with van der Waals surface area (Å²) < 4.78 is 5.78. The van der Waals surface area contributed by atoms with E-state index in [-0.39, 0.29) is 36.4 Å². The summed E-state index contributed by atoms with van der Waals surface area (Å²) >= 11 is 6.31. The number of benzene rings is 1. The minimum atomic E-state index is -0.341. The molecule has 0 fully saturated rings. The lowest BCUT2D eigenvalue weighted by atomic mass is 9.99. The van der Waals surface area contributed by atoms with E-state index in [1.54, 1.807) is 18.2 Å². The van der Waals surface area contributed by atoms with Gasteiger partial charge in [-0.2, -0.15) is 0 Å². The van der Waals surface area contributed by atoms with Crippen LogP contribution in [0.3, 0.4) is 0 Å². The number of hydrogen-bond donors (Lipinski definition) is 1. The highest BCUT2D eigenvalue weighted by Crippen LogP contribution is 2.21. The minimum absolute atomic E-state index is 0.0142. The zero-order valence-corrected chi connectivity index (χ0v) is 23.2. The van der Waals surface area contributed by atoms with Crippen molar-refractivity contribution in [3.05, 3.63) is 76.4 Å². The number of carbonyl (C=O) groups is 2. The number of aliphatic imine (C=N–C) groups is 1. The highest BCUT2D eigenvalue weighted by Gasteiger charge is 2.19. The highest BCUT2D eigenvalue weighted by molar-refractivity contribution is 6.31. The van der Waals surface area contributed by atoms with Crippen LogP contribution in [0.15, 0.2) is 70.2 Å². The highest BCUT2D eigenvalue weighted by atomic mass is 35.5. The van der Waals surface area contributed by atoms with Crippen LogP contribution in [0.4, 0.5) is 0 Å². The molecule has 0 radical (unpaired) electrons. The summed E-state index contributed by atoms with van der Waals surface area (Å²) in [5, 5.41) is 3.45. The van der Waals surface area contributed by atoms with Crippen LogP contribution in [-0.2, 0) is 20.7 Å². The second-order valence-corrected chi connectivity index (χ2v) is 10.2. The molecule has 1 aromatic carbocycles. The molecular weight excluding hydrogens is 472 g/mol. The maximum absolute atomic E-state index is 13.1. The molecule has 1 amide bonds. The summed E-state index contributed by atoms with van der Waals surface area (Å²) in [5.41, 5.74) is 4.49. The summed E-state index contributed by atoms with van der Waals surface area (Å²) in [6.07, 6.45) is 9.40. The van der Waals surface area contributed by atoms with E-state index in [0.717, 1.165) is 22.5 Å². The number of amides is 1. The van der Waals surface area contributed by atoms with Crippen molar-refractivity contribution in [1.82, 2.24) is 5.32 Å². The fourth-order valence-electron chi connectivity index (χ4n) is 3.70. The third-order valence-electron chi connectivity index (χ3n) is 5.78. The molecule has 6 heteroatoms. The van der Waals surface area contributed by atoms with Crippen molar-refractivity contribution in [2.75, 3.05) is 0 Å². The van der Waals surface area contributed by atoms with Gasteiger partial charge in [-0.1, -0.05) is 67.9 Å². The Morgan fingerprint density at radius 3 is 2.36 bits per heavy atom. The van der Waals surface area contributed by atoms with Crippen molar-refractivity contribution in [3.8, 4) is 0 Å². The van der Waals surface area contributed by atoms with Gasteiger partial charge in [0.25, 0.3) is 5.91 Å². The zero-order chi connectivity index (χ0) is 26.8. The second kappa shape index (κ2) is 14.1. The van der Waals surface area contributed by atoms with Gasteiger partial charge in [0.1, 0.15) is 5.78 Å². The molecule has 0 aliphatic heterocycles. The molecule has 1 N–H and O–H groups in total. The molecule has 1 unspecified atom stereocenters. The lowest BCUT2D eigenvalue weighted by molar-refractivity contribution is -0.119. The first kappa shape index (κ1) is 29.5. The number of Topliss-reactive ketones (excluding diaryl/α,β-unsaturated/α-hetero) is 1. The number of hydrogen-bond acceptors (Lipinski definition) is 4. The smallest absolute Gasteiger partial charge is 0.251 e. The van der Waals surface area contributed by atoms with E-state index in [1.807, 2.05) is 64.1 Å². The monoisotopic (exact) mass is 510 g/mol. The lowest BCUT2D eigenvalue weighted by Gasteiger charge is -2.18. The maximum Gasteiger partial charge on any atom is 0.251 e. The fourth-order valence-corrected chi connectivity index (χ4v) is 3.94. The molecule has 194 valence electrons. The van der Waals surface area contributed by atoms with Crippen molar-refractivity contribution in [2.45, 2.75) is 79.6 Å². The van der Waals surface area contributed by atoms with Gasteiger partial charge in [-0.3, -0.25) is 14.6 Å². The first-order valence-electron chi connectivity index (χ1n) is 12.5. The van der Waals surface area contributed by atoms with E-state index in [0.29, 0.717) is 22.9 Å². The van der Waals surface area contributed by atoms with Gasteiger partial charge in [0.15, 0.2) is 0 Å². The topological polar surface area (TPSA) is 67.8 Å². The molecule has 0 aromatic heterocycles. The average molecular weight is 511 g/mol. The van der Waals surface area contributed by atoms with Crippen molar-refractivity contribution < 1.29 is 14.3 Å². The molecule has 1 aromatic rings. The first-order valence-corrected chi connectivity index (χ1v) is 12.9. The maximum atomic E-state index is 13.1. The van der Waals surface area contributed by atoms with Crippen LogP contribution in [0, 0.1) is 5.92 Å². The molecule has 0 spiro atoms. The van der Waals surface area contributed by atoms with E-state index in [2.05, 4.69) is 19.2 Å². The van der Waals surface area contributed by atoms with Crippen molar-refractivity contribution in [1.29, 1.82) is 0 Å². The van der Waals surface area contributed by atoms with Crippen LogP contribution >= 0.6 is 11.6 Å². The summed E-state index contributed by atoms with van der Waals surface area (Å²) in [6, 6.07) is 7.77. The normalized spacial score (nSPS) is 17.6. The van der Waals surface area contributed by atoms with Crippen LogP contribution in [0.25, 0.3) is 5.70 Å². The molecule has 36 heavy (non-hydrogen) atoms. The standard InChI is InChI=1S/C30H39ClN2O3/c1-8-29(32-22(7)19(2)3)24-11-9-23(10-12-24)16-27(15-21(6)34)33-30(35)25-13-14-28(36-20(4)5)18-26(31)17-25/h8-14,17-20,27-28H,15-16H2,1-7H3,(H,33,35)/b29-8-,32-22?/t27-,28?/m1/s1. The molecule has 1 aliphatic rings. The van der Waals surface area contributed by atoms with Crippen LogP contribution in [0.1, 0.15) is 66.0 Å². The summed E-state index contributed by atoms with van der Waals surface area (Å²) in [4.78, 5) is 29.8. The average Bonchev–Trinajstić information content (AvgIpc) is 2.97. The Balaban J connectivity index is 2.15. The number of nitrogens with zero attached hydrogens (tertiary/aromatic N) is 1. The Bertz CT molecular complexity index is 1080. The third-order valence-corrected chi connectivity index (χ3v) is 6.02. The number of rotatable bonds is 11.